The van der Waals surface area contributed by atoms with Gasteiger partial charge in [0.1, 0.15) is 5.78 Å². The van der Waals surface area contributed by atoms with E-state index in [-0.39, 0.29) is 27.9 Å². The minimum Gasteiger partial charge on any atom is -0.299 e. The minimum atomic E-state index is -4.19. The molecule has 1 saturated carbocycles. The molecule has 0 heterocycles. The molecule has 7 heteroatoms. The Labute approximate surface area is 166 Å². The number of hydrogen-bond donors (Lipinski definition) is 0. The first-order valence-corrected chi connectivity index (χ1v) is 12.5. The second-order valence-corrected chi connectivity index (χ2v) is 11.9. The van der Waals surface area contributed by atoms with E-state index in [0.29, 0.717) is 6.42 Å². The molecule has 2 aromatic carbocycles. The molecule has 3 rings (SSSR count). The predicted octanol–water partition coefficient (Wildman–Crippen LogP) is 3.66. The van der Waals surface area contributed by atoms with Crippen LogP contribution in [0.2, 0.25) is 0 Å². The molecule has 0 N–H and O–H groups in total. The Hall–Kier alpha value is -1.99. The first-order valence-electron chi connectivity index (χ1n) is 9.36. The number of carbonyl (C=O) groups is 1. The van der Waals surface area contributed by atoms with Gasteiger partial charge in [0.05, 0.1) is 9.79 Å². The first-order chi connectivity index (χ1) is 13.2. The Bertz CT molecular complexity index is 959. The molecule has 0 aromatic heterocycles. The van der Waals surface area contributed by atoms with Crippen LogP contribution >= 0.6 is 0 Å². The average molecular weight is 421 g/mol. The van der Waals surface area contributed by atoms with E-state index >= 15 is 0 Å². The Morgan fingerprint density at radius 3 is 1.75 bits per heavy atom. The molecule has 1 aliphatic rings. The largest absolute Gasteiger partial charge is 0.299 e. The summed E-state index contributed by atoms with van der Waals surface area (Å²) in [6.07, 6.45) is 1.86. The van der Waals surface area contributed by atoms with Crippen LogP contribution in [0.3, 0.4) is 0 Å². The van der Waals surface area contributed by atoms with E-state index < -0.39 is 30.2 Å². The van der Waals surface area contributed by atoms with Crippen molar-refractivity contribution in [2.45, 2.75) is 47.0 Å². The summed E-state index contributed by atoms with van der Waals surface area (Å²) in [5.41, 5.74) is 0. The van der Waals surface area contributed by atoms with Gasteiger partial charge in [-0.3, -0.25) is 4.79 Å². The van der Waals surface area contributed by atoms with Crippen LogP contribution in [0.15, 0.2) is 70.5 Å². The normalized spacial score (nSPS) is 21.0. The van der Waals surface area contributed by atoms with Crippen molar-refractivity contribution in [3.05, 3.63) is 60.7 Å². The summed E-state index contributed by atoms with van der Waals surface area (Å²) < 4.78 is 51.6. The second-order valence-electron chi connectivity index (χ2n) is 7.31. The number of benzene rings is 2. The van der Waals surface area contributed by atoms with Gasteiger partial charge < -0.3 is 0 Å². The van der Waals surface area contributed by atoms with Gasteiger partial charge in [-0.25, -0.2) is 16.8 Å². The lowest BCUT2D eigenvalue weighted by Gasteiger charge is -2.28. The van der Waals surface area contributed by atoms with Crippen LogP contribution in [0.5, 0.6) is 0 Å². The molecule has 1 aliphatic carbocycles. The highest BCUT2D eigenvalue weighted by Gasteiger charge is 2.43. The molecule has 2 aromatic rings. The number of Topliss-reactive ketones (excluding diaryl/α,β-unsaturated/α-hetero) is 1. The lowest BCUT2D eigenvalue weighted by atomic mass is 9.80. The van der Waals surface area contributed by atoms with Crippen molar-refractivity contribution in [2.24, 2.45) is 11.8 Å². The van der Waals surface area contributed by atoms with Gasteiger partial charge in [0.2, 0.25) is 0 Å². The van der Waals surface area contributed by atoms with E-state index in [2.05, 4.69) is 0 Å². The van der Waals surface area contributed by atoms with Crippen molar-refractivity contribution < 1.29 is 21.6 Å². The van der Waals surface area contributed by atoms with Crippen molar-refractivity contribution in [1.82, 2.24) is 0 Å². The van der Waals surface area contributed by atoms with E-state index in [0.717, 1.165) is 12.8 Å². The molecular formula is C21H24O5S2. The topological polar surface area (TPSA) is 85.3 Å². The zero-order chi connectivity index (χ0) is 20.4. The Balaban J connectivity index is 2.08. The van der Waals surface area contributed by atoms with Crippen LogP contribution in [-0.2, 0) is 24.5 Å². The summed E-state index contributed by atoms with van der Waals surface area (Å²) in [4.78, 5) is 12.5. The van der Waals surface area contributed by atoms with Crippen LogP contribution < -0.4 is 0 Å². The van der Waals surface area contributed by atoms with Gasteiger partial charge in [0.15, 0.2) is 24.3 Å². The van der Waals surface area contributed by atoms with Crippen LogP contribution in [0.25, 0.3) is 0 Å². The molecule has 28 heavy (non-hydrogen) atoms. The fourth-order valence-corrected chi connectivity index (χ4v) is 8.42. The molecule has 2 atom stereocenters. The monoisotopic (exact) mass is 420 g/mol. The Morgan fingerprint density at radius 1 is 0.821 bits per heavy atom. The van der Waals surface area contributed by atoms with Gasteiger partial charge in [-0.15, -0.1) is 0 Å². The molecule has 0 saturated heterocycles. The summed E-state index contributed by atoms with van der Waals surface area (Å²) in [6, 6.07) is 15.2. The maximum absolute atomic E-state index is 13.3. The van der Waals surface area contributed by atoms with Gasteiger partial charge in [0.25, 0.3) is 0 Å². The molecule has 2 unspecified atom stereocenters. The smallest absolute Gasteiger partial charge is 0.195 e. The maximum atomic E-state index is 13.3. The third-order valence-corrected chi connectivity index (χ3v) is 10.5. The number of hydrogen-bond acceptors (Lipinski definition) is 5. The third-order valence-electron chi connectivity index (χ3n) is 5.39. The van der Waals surface area contributed by atoms with Crippen molar-refractivity contribution in [1.29, 1.82) is 0 Å². The van der Waals surface area contributed by atoms with Crippen LogP contribution in [-0.4, -0.2) is 27.2 Å². The van der Waals surface area contributed by atoms with Gasteiger partial charge in [-0.2, -0.15) is 0 Å². The lowest BCUT2D eigenvalue weighted by molar-refractivity contribution is -0.128. The number of sulfone groups is 2. The first kappa shape index (κ1) is 20.7. The Kier molecular flexibility index (Phi) is 6.05. The standard InChI is InChI=1S/C21H24O5S2/c1-16-9-8-10-17(21(16)22)15-20(27(23,24)18-11-4-2-5-12-18)28(25,26)19-13-6-3-7-14-19/h2-7,11-14,16-17,20H,8-10,15H2,1H3. The van der Waals surface area contributed by atoms with Crippen molar-refractivity contribution in [2.75, 3.05) is 0 Å². The average Bonchev–Trinajstić information content (AvgIpc) is 2.70. The molecular weight excluding hydrogens is 396 g/mol. The SMILES string of the molecule is CC1CCCC(CC(S(=O)(=O)c2ccccc2)S(=O)(=O)c2ccccc2)C1=O. The fraction of sp³-hybridized carbons (Fsp3) is 0.381. The summed E-state index contributed by atoms with van der Waals surface area (Å²) in [6.45, 7) is 1.82. The zero-order valence-corrected chi connectivity index (χ0v) is 17.3. The van der Waals surface area contributed by atoms with Gasteiger partial charge in [-0.1, -0.05) is 49.7 Å². The molecule has 0 amide bonds. The van der Waals surface area contributed by atoms with Gasteiger partial charge in [-0.05, 0) is 43.5 Å². The van der Waals surface area contributed by atoms with E-state index in [4.69, 9.17) is 0 Å². The molecule has 0 bridgehead atoms. The quantitative estimate of drug-likeness (QED) is 0.712. The second kappa shape index (κ2) is 8.17. The third kappa shape index (κ3) is 4.05. The van der Waals surface area contributed by atoms with Crippen molar-refractivity contribution >= 4 is 25.5 Å². The molecule has 1 fully saturated rings. The highest BCUT2D eigenvalue weighted by atomic mass is 32.3. The van der Waals surface area contributed by atoms with Gasteiger partial charge >= 0.3 is 0 Å². The molecule has 5 nitrogen and oxygen atoms in total. The van der Waals surface area contributed by atoms with Crippen molar-refractivity contribution in [3.63, 3.8) is 0 Å². The van der Waals surface area contributed by atoms with Crippen LogP contribution in [0, 0.1) is 11.8 Å². The molecule has 150 valence electrons. The highest BCUT2D eigenvalue weighted by molar-refractivity contribution is 8.09. The molecule has 0 radical (unpaired) electrons. The van der Waals surface area contributed by atoms with E-state index in [9.17, 15) is 21.6 Å². The maximum Gasteiger partial charge on any atom is 0.195 e. The van der Waals surface area contributed by atoms with E-state index in [1.54, 1.807) is 36.4 Å². The van der Waals surface area contributed by atoms with Gasteiger partial charge in [0, 0.05) is 11.8 Å². The number of rotatable bonds is 6. The minimum absolute atomic E-state index is 0.0391. The summed E-state index contributed by atoms with van der Waals surface area (Å²) in [7, 11) is -8.37. The van der Waals surface area contributed by atoms with E-state index in [1.807, 2.05) is 6.92 Å². The molecule has 0 spiro atoms. The van der Waals surface area contributed by atoms with Crippen LogP contribution in [0.4, 0.5) is 0 Å². The summed E-state index contributed by atoms with van der Waals surface area (Å²) in [5.74, 6) is -0.772. The number of ketones is 1. The van der Waals surface area contributed by atoms with Crippen LogP contribution in [0.1, 0.15) is 32.6 Å². The fourth-order valence-electron chi connectivity index (χ4n) is 3.77. The predicted molar refractivity (Wildman–Crippen MR) is 107 cm³/mol. The zero-order valence-electron chi connectivity index (χ0n) is 15.7. The Morgan fingerprint density at radius 2 is 1.29 bits per heavy atom. The highest BCUT2D eigenvalue weighted by Crippen LogP contribution is 2.35. The van der Waals surface area contributed by atoms with E-state index in [1.165, 1.54) is 24.3 Å². The summed E-state index contributed by atoms with van der Waals surface area (Å²) >= 11 is 0. The molecule has 0 aliphatic heterocycles. The number of carbonyl (C=O) groups excluding carboxylic acids is 1. The van der Waals surface area contributed by atoms with Crippen molar-refractivity contribution in [3.8, 4) is 0 Å². The lowest BCUT2D eigenvalue weighted by Crippen LogP contribution is -2.37. The summed E-state index contributed by atoms with van der Waals surface area (Å²) in [5, 5.41) is 0.